The molecule has 1 atom stereocenters. The number of nitrogens with zero attached hydrogens (tertiary/aromatic N) is 2. The third-order valence-corrected chi connectivity index (χ3v) is 4.60. The van der Waals surface area contributed by atoms with Crippen molar-refractivity contribution in [1.82, 2.24) is 9.88 Å². The molecule has 1 aromatic heterocycles. The van der Waals surface area contributed by atoms with Crippen LogP contribution in [0.1, 0.15) is 66.2 Å². The van der Waals surface area contributed by atoms with Gasteiger partial charge in [0.2, 0.25) is 5.01 Å². The first kappa shape index (κ1) is 15.9. The fourth-order valence-electron chi connectivity index (χ4n) is 2.67. The second kappa shape index (κ2) is 7.54. The molecule has 0 spiro atoms. The lowest BCUT2D eigenvalue weighted by Crippen LogP contribution is -2.39. The summed E-state index contributed by atoms with van der Waals surface area (Å²) in [7, 11) is 0. The maximum absolute atomic E-state index is 12.6. The molecular formula is C15H22N2O3S. The number of aromatic nitrogens is 1. The number of hydrogen-bond acceptors (Lipinski definition) is 5. The number of ether oxygens (including phenoxy) is 1. The highest BCUT2D eigenvalue weighted by atomic mass is 32.1. The molecule has 1 unspecified atom stereocenters. The number of amides is 1. The van der Waals surface area contributed by atoms with Gasteiger partial charge in [0.25, 0.3) is 5.91 Å². The van der Waals surface area contributed by atoms with Crippen molar-refractivity contribution in [3.8, 4) is 0 Å². The molecule has 0 aliphatic carbocycles. The van der Waals surface area contributed by atoms with Gasteiger partial charge >= 0.3 is 5.97 Å². The molecule has 2 rings (SSSR count). The van der Waals surface area contributed by atoms with E-state index in [9.17, 15) is 9.59 Å². The van der Waals surface area contributed by atoms with Crippen molar-refractivity contribution in [3.05, 3.63) is 16.1 Å². The fourth-order valence-corrected chi connectivity index (χ4v) is 3.36. The summed E-state index contributed by atoms with van der Waals surface area (Å²) >= 11 is 1.17. The van der Waals surface area contributed by atoms with Crippen molar-refractivity contribution in [1.29, 1.82) is 0 Å². The van der Waals surface area contributed by atoms with E-state index < -0.39 is 5.97 Å². The largest absolute Gasteiger partial charge is 0.461 e. The first-order valence-corrected chi connectivity index (χ1v) is 8.49. The molecule has 1 fully saturated rings. The van der Waals surface area contributed by atoms with E-state index in [1.54, 1.807) is 12.3 Å². The normalized spacial score (nSPS) is 19.1. The molecule has 0 radical (unpaired) electrons. The second-order valence-corrected chi connectivity index (χ2v) is 6.03. The average Bonchev–Trinajstić information content (AvgIpc) is 2.85. The van der Waals surface area contributed by atoms with Crippen LogP contribution in [0, 0.1) is 0 Å². The summed E-state index contributed by atoms with van der Waals surface area (Å²) in [6.45, 7) is 4.96. The zero-order valence-electron chi connectivity index (χ0n) is 12.6. The molecule has 116 valence electrons. The fraction of sp³-hybridized carbons (Fsp3) is 0.667. The van der Waals surface area contributed by atoms with E-state index in [1.165, 1.54) is 24.2 Å². The van der Waals surface area contributed by atoms with Crippen LogP contribution in [-0.2, 0) is 4.74 Å². The van der Waals surface area contributed by atoms with Gasteiger partial charge in [0.1, 0.15) is 5.69 Å². The van der Waals surface area contributed by atoms with Crippen LogP contribution in [0.5, 0.6) is 0 Å². The van der Waals surface area contributed by atoms with E-state index in [0.717, 1.165) is 25.8 Å². The lowest BCUT2D eigenvalue weighted by atomic mass is 10.1. The van der Waals surface area contributed by atoms with Gasteiger partial charge in [-0.15, -0.1) is 11.3 Å². The maximum atomic E-state index is 12.6. The molecule has 1 amide bonds. The first-order chi connectivity index (χ1) is 10.2. The summed E-state index contributed by atoms with van der Waals surface area (Å²) in [5.74, 6) is -0.514. The summed E-state index contributed by atoms with van der Waals surface area (Å²) in [4.78, 5) is 30.4. The molecule has 2 heterocycles. The van der Waals surface area contributed by atoms with Crippen LogP contribution in [0.3, 0.4) is 0 Å². The van der Waals surface area contributed by atoms with E-state index in [1.807, 2.05) is 4.90 Å². The van der Waals surface area contributed by atoms with E-state index in [2.05, 4.69) is 11.9 Å². The van der Waals surface area contributed by atoms with Crippen molar-refractivity contribution >= 4 is 23.2 Å². The van der Waals surface area contributed by atoms with Gasteiger partial charge in [-0.05, 0) is 26.2 Å². The molecule has 0 aromatic carbocycles. The molecule has 1 aromatic rings. The Labute approximate surface area is 129 Å². The Morgan fingerprint density at radius 2 is 2.19 bits per heavy atom. The molecule has 1 aliphatic heterocycles. The van der Waals surface area contributed by atoms with E-state index in [0.29, 0.717) is 12.3 Å². The molecule has 0 N–H and O–H groups in total. The average molecular weight is 310 g/mol. The molecule has 6 heteroatoms. The number of hydrogen-bond donors (Lipinski definition) is 0. The number of carbonyl (C=O) groups is 2. The highest BCUT2D eigenvalue weighted by molar-refractivity contribution is 7.11. The Bertz CT molecular complexity index is 501. The van der Waals surface area contributed by atoms with Gasteiger partial charge in [-0.2, -0.15) is 0 Å². The van der Waals surface area contributed by atoms with Gasteiger partial charge < -0.3 is 9.64 Å². The minimum absolute atomic E-state index is 0.0597. The molecule has 0 saturated carbocycles. The molecule has 1 aliphatic rings. The zero-order valence-corrected chi connectivity index (χ0v) is 13.4. The van der Waals surface area contributed by atoms with Gasteiger partial charge in [0, 0.05) is 18.0 Å². The predicted octanol–water partition coefficient (Wildman–Crippen LogP) is 3.11. The molecule has 5 nitrogen and oxygen atoms in total. The van der Waals surface area contributed by atoms with E-state index in [-0.39, 0.29) is 17.0 Å². The van der Waals surface area contributed by atoms with Crippen molar-refractivity contribution in [2.45, 2.75) is 52.0 Å². The van der Waals surface area contributed by atoms with Gasteiger partial charge in [0.15, 0.2) is 0 Å². The minimum Gasteiger partial charge on any atom is -0.461 e. The van der Waals surface area contributed by atoms with Gasteiger partial charge in [-0.3, -0.25) is 4.79 Å². The Kier molecular flexibility index (Phi) is 5.73. The minimum atomic E-state index is -0.454. The van der Waals surface area contributed by atoms with Crippen LogP contribution in [0.2, 0.25) is 0 Å². The predicted molar refractivity (Wildman–Crippen MR) is 81.7 cm³/mol. The molecular weight excluding hydrogens is 288 g/mol. The topological polar surface area (TPSA) is 59.5 Å². The van der Waals surface area contributed by atoms with Crippen molar-refractivity contribution in [3.63, 3.8) is 0 Å². The number of esters is 1. The highest BCUT2D eigenvalue weighted by Crippen LogP contribution is 2.22. The number of thiazole rings is 1. The SMILES string of the molecule is CCOC(=O)c1nc(C(=O)N2CCCCCC2CC)cs1. The van der Waals surface area contributed by atoms with Crippen LogP contribution in [0.15, 0.2) is 5.38 Å². The summed E-state index contributed by atoms with van der Waals surface area (Å²) in [6.07, 6.45) is 5.40. The van der Waals surface area contributed by atoms with Crippen LogP contribution >= 0.6 is 11.3 Å². The zero-order chi connectivity index (χ0) is 15.2. The van der Waals surface area contributed by atoms with Crippen LogP contribution in [0.25, 0.3) is 0 Å². The van der Waals surface area contributed by atoms with E-state index in [4.69, 9.17) is 4.74 Å². The summed E-state index contributed by atoms with van der Waals surface area (Å²) < 4.78 is 4.91. The molecule has 21 heavy (non-hydrogen) atoms. The second-order valence-electron chi connectivity index (χ2n) is 5.17. The number of carbonyl (C=O) groups excluding carboxylic acids is 2. The molecule has 1 saturated heterocycles. The number of likely N-dealkylation sites (tertiary alicyclic amines) is 1. The third kappa shape index (κ3) is 3.81. The first-order valence-electron chi connectivity index (χ1n) is 7.61. The van der Waals surface area contributed by atoms with Crippen LogP contribution in [0.4, 0.5) is 0 Å². The van der Waals surface area contributed by atoms with Gasteiger partial charge in [-0.25, -0.2) is 9.78 Å². The van der Waals surface area contributed by atoms with Crippen LogP contribution < -0.4 is 0 Å². The Morgan fingerprint density at radius 1 is 1.38 bits per heavy atom. The third-order valence-electron chi connectivity index (χ3n) is 3.78. The number of rotatable bonds is 4. The van der Waals surface area contributed by atoms with Crippen molar-refractivity contribution < 1.29 is 14.3 Å². The summed E-state index contributed by atoms with van der Waals surface area (Å²) in [5.41, 5.74) is 0.364. The van der Waals surface area contributed by atoms with Gasteiger partial charge in [0.05, 0.1) is 6.61 Å². The van der Waals surface area contributed by atoms with Crippen LogP contribution in [-0.4, -0.2) is 41.0 Å². The Hall–Kier alpha value is -1.43. The quantitative estimate of drug-likeness (QED) is 0.802. The monoisotopic (exact) mass is 310 g/mol. The highest BCUT2D eigenvalue weighted by Gasteiger charge is 2.27. The summed E-state index contributed by atoms with van der Waals surface area (Å²) in [5, 5.41) is 1.91. The van der Waals surface area contributed by atoms with Gasteiger partial charge in [-0.1, -0.05) is 19.8 Å². The van der Waals surface area contributed by atoms with E-state index >= 15 is 0 Å². The lowest BCUT2D eigenvalue weighted by molar-refractivity contribution is 0.0525. The Morgan fingerprint density at radius 3 is 2.90 bits per heavy atom. The Balaban J connectivity index is 2.12. The smallest absolute Gasteiger partial charge is 0.367 e. The van der Waals surface area contributed by atoms with Crippen molar-refractivity contribution in [2.24, 2.45) is 0 Å². The van der Waals surface area contributed by atoms with Crippen molar-refractivity contribution in [2.75, 3.05) is 13.2 Å². The summed E-state index contributed by atoms with van der Waals surface area (Å²) in [6, 6.07) is 0.285. The molecule has 0 bridgehead atoms. The standard InChI is InChI=1S/C15H22N2O3S/c1-3-11-8-6-5-7-9-17(11)14(18)12-10-21-13(16-12)15(19)20-4-2/h10-11H,3-9H2,1-2H3. The lowest BCUT2D eigenvalue weighted by Gasteiger charge is -2.28. The maximum Gasteiger partial charge on any atom is 0.367 e.